The van der Waals surface area contributed by atoms with Gasteiger partial charge in [-0.25, -0.2) is 8.42 Å². The van der Waals surface area contributed by atoms with Gasteiger partial charge in [-0.05, 0) is 78.2 Å². The predicted octanol–water partition coefficient (Wildman–Crippen LogP) is 6.16. The molecule has 0 unspecified atom stereocenters. The Bertz CT molecular complexity index is 1450. The van der Waals surface area contributed by atoms with E-state index in [0.717, 1.165) is 21.9 Å². The highest BCUT2D eigenvalue weighted by atomic mass is 35.5. The first-order valence-corrected chi connectivity index (χ1v) is 11.8. The average Bonchev–Trinajstić information content (AvgIpc) is 2.76. The SMILES string of the molecule is Cc1ccc(NS(=O)(=O)c2cc(C(=O)Nc3ccc4ccccc4c3)ccc2Cl)cc1C. The predicted molar refractivity (Wildman–Crippen MR) is 130 cm³/mol. The lowest BCUT2D eigenvalue weighted by molar-refractivity contribution is 0.102. The molecule has 0 aliphatic rings. The molecule has 4 aromatic rings. The third-order valence-corrected chi connectivity index (χ3v) is 7.11. The number of carbonyl (C=O) groups excluding carboxylic acids is 1. The number of anilines is 2. The van der Waals surface area contributed by atoms with E-state index in [-0.39, 0.29) is 15.5 Å². The minimum absolute atomic E-state index is 0.0311. The topological polar surface area (TPSA) is 75.3 Å². The largest absolute Gasteiger partial charge is 0.322 e. The summed E-state index contributed by atoms with van der Waals surface area (Å²) in [5, 5.41) is 4.89. The van der Waals surface area contributed by atoms with Crippen molar-refractivity contribution in [1.29, 1.82) is 0 Å². The Labute approximate surface area is 192 Å². The minimum atomic E-state index is -3.99. The third-order valence-electron chi connectivity index (χ3n) is 5.25. The highest BCUT2D eigenvalue weighted by Gasteiger charge is 2.21. The zero-order valence-electron chi connectivity index (χ0n) is 17.5. The third kappa shape index (κ3) is 4.61. The van der Waals surface area contributed by atoms with E-state index in [1.165, 1.54) is 18.2 Å². The molecule has 5 nitrogen and oxygen atoms in total. The molecule has 0 heterocycles. The summed E-state index contributed by atoms with van der Waals surface area (Å²) >= 11 is 6.18. The first-order chi connectivity index (χ1) is 15.2. The quantitative estimate of drug-likeness (QED) is 0.371. The Morgan fingerprint density at radius 1 is 0.781 bits per heavy atom. The monoisotopic (exact) mass is 464 g/mol. The molecule has 0 aliphatic heterocycles. The van der Waals surface area contributed by atoms with E-state index < -0.39 is 15.9 Å². The molecule has 2 N–H and O–H groups in total. The van der Waals surface area contributed by atoms with E-state index in [2.05, 4.69) is 10.0 Å². The summed E-state index contributed by atoms with van der Waals surface area (Å²) in [7, 11) is -3.99. The smallest absolute Gasteiger partial charge is 0.263 e. The van der Waals surface area contributed by atoms with Crippen molar-refractivity contribution in [2.75, 3.05) is 10.0 Å². The fourth-order valence-electron chi connectivity index (χ4n) is 3.34. The van der Waals surface area contributed by atoms with Gasteiger partial charge in [0.1, 0.15) is 4.90 Å². The fraction of sp³-hybridized carbons (Fsp3) is 0.0800. The minimum Gasteiger partial charge on any atom is -0.322 e. The number of aryl methyl sites for hydroxylation is 2. The number of rotatable bonds is 5. The molecule has 0 radical (unpaired) electrons. The van der Waals surface area contributed by atoms with Gasteiger partial charge in [0.05, 0.1) is 5.02 Å². The molecule has 0 saturated heterocycles. The van der Waals surface area contributed by atoms with Crippen LogP contribution in [0.4, 0.5) is 11.4 Å². The molecule has 7 heteroatoms. The number of amides is 1. The van der Waals surface area contributed by atoms with Gasteiger partial charge in [-0.15, -0.1) is 0 Å². The molecule has 0 fully saturated rings. The van der Waals surface area contributed by atoms with Gasteiger partial charge in [0.25, 0.3) is 15.9 Å². The maximum Gasteiger partial charge on any atom is 0.263 e. The number of benzene rings is 4. The number of carbonyl (C=O) groups is 1. The van der Waals surface area contributed by atoms with Crippen molar-refractivity contribution < 1.29 is 13.2 Å². The summed E-state index contributed by atoms with van der Waals surface area (Å²) in [6.07, 6.45) is 0. The van der Waals surface area contributed by atoms with E-state index in [1.807, 2.05) is 56.3 Å². The van der Waals surface area contributed by atoms with Crippen LogP contribution in [0, 0.1) is 13.8 Å². The molecule has 4 aromatic carbocycles. The second-order valence-corrected chi connectivity index (χ2v) is 9.62. The number of hydrogen-bond donors (Lipinski definition) is 2. The van der Waals surface area contributed by atoms with Crippen LogP contribution in [-0.4, -0.2) is 14.3 Å². The average molecular weight is 465 g/mol. The van der Waals surface area contributed by atoms with Gasteiger partial charge < -0.3 is 5.32 Å². The molecular weight excluding hydrogens is 444 g/mol. The molecule has 0 bridgehead atoms. The lowest BCUT2D eigenvalue weighted by Crippen LogP contribution is -2.16. The maximum atomic E-state index is 13.0. The Balaban J connectivity index is 1.60. The zero-order chi connectivity index (χ0) is 22.9. The summed E-state index contributed by atoms with van der Waals surface area (Å²) in [6.45, 7) is 3.85. The lowest BCUT2D eigenvalue weighted by atomic mass is 10.1. The van der Waals surface area contributed by atoms with E-state index in [0.29, 0.717) is 11.4 Å². The Kier molecular flexibility index (Phi) is 5.91. The Hall–Kier alpha value is -3.35. The van der Waals surface area contributed by atoms with Crippen LogP contribution in [0.1, 0.15) is 21.5 Å². The molecule has 32 heavy (non-hydrogen) atoms. The van der Waals surface area contributed by atoms with Crippen LogP contribution in [0.5, 0.6) is 0 Å². The second kappa shape index (κ2) is 8.65. The Morgan fingerprint density at radius 2 is 1.50 bits per heavy atom. The summed E-state index contributed by atoms with van der Waals surface area (Å²) < 4.78 is 28.5. The van der Waals surface area contributed by atoms with Gasteiger partial charge in [0, 0.05) is 16.9 Å². The standard InChI is InChI=1S/C25H21ClN2O3S/c1-16-7-10-22(13-17(16)2)28-32(30,31)24-15-20(9-12-23(24)26)25(29)27-21-11-8-18-5-3-4-6-19(18)14-21/h3-15,28H,1-2H3,(H,27,29). The molecule has 0 aliphatic carbocycles. The summed E-state index contributed by atoms with van der Waals surface area (Å²) in [4.78, 5) is 12.6. The van der Waals surface area contributed by atoms with Crippen molar-refractivity contribution in [2.24, 2.45) is 0 Å². The lowest BCUT2D eigenvalue weighted by Gasteiger charge is -2.12. The van der Waals surface area contributed by atoms with Crippen molar-refractivity contribution in [3.8, 4) is 0 Å². The molecule has 162 valence electrons. The molecular formula is C25H21ClN2O3S. The van der Waals surface area contributed by atoms with E-state index in [9.17, 15) is 13.2 Å². The zero-order valence-corrected chi connectivity index (χ0v) is 19.1. The molecule has 0 atom stereocenters. The summed E-state index contributed by atoms with van der Waals surface area (Å²) in [5.74, 6) is -0.431. The number of hydrogen-bond acceptors (Lipinski definition) is 3. The highest BCUT2D eigenvalue weighted by molar-refractivity contribution is 7.92. The molecule has 4 rings (SSSR count). The second-order valence-electron chi connectivity index (χ2n) is 7.57. The van der Waals surface area contributed by atoms with Crippen LogP contribution in [-0.2, 0) is 10.0 Å². The van der Waals surface area contributed by atoms with Gasteiger partial charge in [-0.1, -0.05) is 48.0 Å². The van der Waals surface area contributed by atoms with Crippen molar-refractivity contribution in [1.82, 2.24) is 0 Å². The van der Waals surface area contributed by atoms with Crippen LogP contribution in [0.15, 0.2) is 83.8 Å². The van der Waals surface area contributed by atoms with Crippen molar-refractivity contribution in [3.05, 3.63) is 101 Å². The van der Waals surface area contributed by atoms with Gasteiger partial charge >= 0.3 is 0 Å². The van der Waals surface area contributed by atoms with Gasteiger partial charge in [0.2, 0.25) is 0 Å². The first-order valence-electron chi connectivity index (χ1n) is 9.93. The Morgan fingerprint density at radius 3 is 2.25 bits per heavy atom. The van der Waals surface area contributed by atoms with Gasteiger partial charge in [0.15, 0.2) is 0 Å². The van der Waals surface area contributed by atoms with E-state index >= 15 is 0 Å². The molecule has 1 amide bonds. The maximum absolute atomic E-state index is 13.0. The molecule has 0 saturated carbocycles. The van der Waals surface area contributed by atoms with Crippen LogP contribution in [0.25, 0.3) is 10.8 Å². The summed E-state index contributed by atoms with van der Waals surface area (Å²) in [6, 6.07) is 22.8. The van der Waals surface area contributed by atoms with Crippen molar-refractivity contribution in [3.63, 3.8) is 0 Å². The number of nitrogens with one attached hydrogen (secondary N) is 2. The van der Waals surface area contributed by atoms with Gasteiger partial charge in [-0.3, -0.25) is 9.52 Å². The first kappa shape index (κ1) is 21.9. The number of fused-ring (bicyclic) bond motifs is 1. The van der Waals surface area contributed by atoms with E-state index in [4.69, 9.17) is 11.6 Å². The number of halogens is 1. The van der Waals surface area contributed by atoms with Crippen molar-refractivity contribution >= 4 is 49.7 Å². The van der Waals surface area contributed by atoms with Crippen LogP contribution >= 0.6 is 11.6 Å². The van der Waals surface area contributed by atoms with Crippen LogP contribution < -0.4 is 10.0 Å². The van der Waals surface area contributed by atoms with Gasteiger partial charge in [-0.2, -0.15) is 0 Å². The van der Waals surface area contributed by atoms with E-state index in [1.54, 1.807) is 18.2 Å². The normalized spacial score (nSPS) is 11.3. The van der Waals surface area contributed by atoms with Crippen LogP contribution in [0.3, 0.4) is 0 Å². The van der Waals surface area contributed by atoms with Crippen molar-refractivity contribution in [2.45, 2.75) is 18.7 Å². The van der Waals surface area contributed by atoms with Crippen LogP contribution in [0.2, 0.25) is 5.02 Å². The highest BCUT2D eigenvalue weighted by Crippen LogP contribution is 2.27. The molecule has 0 spiro atoms. The summed E-state index contributed by atoms with van der Waals surface area (Å²) in [5.41, 5.74) is 3.23. The number of sulfonamides is 1. The molecule has 0 aromatic heterocycles. The fourth-order valence-corrected chi connectivity index (χ4v) is 4.91.